The molecule has 17 heavy (non-hydrogen) atoms. The third-order valence-corrected chi connectivity index (χ3v) is 3.65. The van der Waals surface area contributed by atoms with Gasteiger partial charge in [-0.05, 0) is 56.5 Å². The van der Waals surface area contributed by atoms with E-state index in [0.717, 1.165) is 5.56 Å². The van der Waals surface area contributed by atoms with E-state index in [0.29, 0.717) is 11.9 Å². The number of pyridine rings is 1. The summed E-state index contributed by atoms with van der Waals surface area (Å²) in [6, 6.07) is 2.76. The zero-order valence-corrected chi connectivity index (χ0v) is 10.9. The minimum atomic E-state index is 0.551. The average Bonchev–Trinajstić information content (AvgIpc) is 2.34. The van der Waals surface area contributed by atoms with Crippen LogP contribution in [-0.4, -0.2) is 23.0 Å². The van der Waals surface area contributed by atoms with Crippen LogP contribution in [0.2, 0.25) is 0 Å². The van der Waals surface area contributed by atoms with Gasteiger partial charge >= 0.3 is 0 Å². The number of aryl methyl sites for hydroxylation is 1. The van der Waals surface area contributed by atoms with Crippen molar-refractivity contribution >= 4 is 5.82 Å². The fourth-order valence-corrected chi connectivity index (χ4v) is 2.71. The smallest absolute Gasteiger partial charge is 0.126 e. The normalized spacial score (nSPS) is 21.6. The molecule has 0 bridgehead atoms. The van der Waals surface area contributed by atoms with Gasteiger partial charge in [0.15, 0.2) is 0 Å². The molecule has 0 aromatic carbocycles. The quantitative estimate of drug-likeness (QED) is 0.873. The third kappa shape index (κ3) is 2.78. The van der Waals surface area contributed by atoms with Crippen molar-refractivity contribution in [3.63, 3.8) is 0 Å². The Bertz CT molecular complexity index is 374. The highest BCUT2D eigenvalue weighted by Crippen LogP contribution is 2.31. The van der Waals surface area contributed by atoms with Crippen LogP contribution >= 0.6 is 0 Å². The monoisotopic (exact) mass is 233 g/mol. The molecule has 1 saturated heterocycles. The summed E-state index contributed by atoms with van der Waals surface area (Å²) in [7, 11) is 0. The van der Waals surface area contributed by atoms with Crippen molar-refractivity contribution in [3.8, 4) is 0 Å². The lowest BCUT2D eigenvalue weighted by Gasteiger charge is -2.35. The molecule has 1 aromatic rings. The van der Waals surface area contributed by atoms with E-state index in [1.165, 1.54) is 44.3 Å². The number of likely N-dealkylation sites (tertiary alicyclic amines) is 1. The highest BCUT2D eigenvalue weighted by atomic mass is 15.2. The number of piperidine rings is 1. The van der Waals surface area contributed by atoms with Gasteiger partial charge in [-0.15, -0.1) is 0 Å². The zero-order valence-electron chi connectivity index (χ0n) is 10.9. The largest absolute Gasteiger partial charge is 0.383 e. The summed E-state index contributed by atoms with van der Waals surface area (Å²) < 4.78 is 0. The number of hydrogen-bond acceptors (Lipinski definition) is 3. The van der Waals surface area contributed by atoms with E-state index in [4.69, 9.17) is 5.73 Å². The van der Waals surface area contributed by atoms with E-state index in [-0.39, 0.29) is 0 Å². The molecule has 1 aliphatic heterocycles. The van der Waals surface area contributed by atoms with Gasteiger partial charge in [-0.1, -0.05) is 13.3 Å². The second kappa shape index (κ2) is 5.50. The molecule has 3 heteroatoms. The molecule has 0 radical (unpaired) electrons. The number of nitrogens with two attached hydrogens (primary N) is 1. The summed E-state index contributed by atoms with van der Waals surface area (Å²) in [5.74, 6) is 0.659. The van der Waals surface area contributed by atoms with Crippen LogP contribution in [0.5, 0.6) is 0 Å². The fourth-order valence-electron chi connectivity index (χ4n) is 2.71. The molecule has 1 aliphatic rings. The molecule has 3 nitrogen and oxygen atoms in total. The molecule has 0 amide bonds. The lowest BCUT2D eigenvalue weighted by Crippen LogP contribution is -2.34. The van der Waals surface area contributed by atoms with Crippen molar-refractivity contribution in [2.45, 2.75) is 45.6 Å². The summed E-state index contributed by atoms with van der Waals surface area (Å²) in [5.41, 5.74) is 8.23. The van der Waals surface area contributed by atoms with E-state index >= 15 is 0 Å². The van der Waals surface area contributed by atoms with Gasteiger partial charge in [-0.25, -0.2) is 4.98 Å². The molecule has 0 aliphatic carbocycles. The van der Waals surface area contributed by atoms with Crippen LogP contribution in [0, 0.1) is 6.92 Å². The number of rotatable bonds is 3. The summed E-state index contributed by atoms with van der Waals surface area (Å²) >= 11 is 0. The number of nitrogens with zero attached hydrogens (tertiary/aromatic N) is 2. The first-order valence-corrected chi connectivity index (χ1v) is 6.68. The van der Waals surface area contributed by atoms with Crippen LogP contribution in [-0.2, 0) is 0 Å². The molecule has 2 heterocycles. The molecule has 2 rings (SSSR count). The highest BCUT2D eigenvalue weighted by molar-refractivity contribution is 5.40. The van der Waals surface area contributed by atoms with E-state index in [1.807, 2.05) is 13.1 Å². The van der Waals surface area contributed by atoms with Crippen LogP contribution in [0.1, 0.15) is 49.8 Å². The average molecular weight is 233 g/mol. The molecule has 0 spiro atoms. The van der Waals surface area contributed by atoms with Crippen LogP contribution in [0.3, 0.4) is 0 Å². The Morgan fingerprint density at radius 3 is 3.00 bits per heavy atom. The van der Waals surface area contributed by atoms with Gasteiger partial charge in [0.05, 0.1) is 0 Å². The summed E-state index contributed by atoms with van der Waals surface area (Å²) in [6.45, 7) is 6.70. The van der Waals surface area contributed by atoms with E-state index in [1.54, 1.807) is 0 Å². The molecular weight excluding hydrogens is 210 g/mol. The number of hydrogen-bond donors (Lipinski definition) is 1. The van der Waals surface area contributed by atoms with E-state index in [9.17, 15) is 0 Å². The van der Waals surface area contributed by atoms with Gasteiger partial charge in [0.1, 0.15) is 5.82 Å². The number of nitrogen functional groups attached to an aromatic ring is 1. The predicted octanol–water partition coefficient (Wildman–Crippen LogP) is 2.91. The topological polar surface area (TPSA) is 42.2 Å². The first-order chi connectivity index (χ1) is 8.22. The fraction of sp³-hybridized carbons (Fsp3) is 0.643. The summed E-state index contributed by atoms with van der Waals surface area (Å²) in [6.07, 6.45) is 7.09. The molecule has 1 atom stereocenters. The zero-order chi connectivity index (χ0) is 12.3. The number of aromatic nitrogens is 1. The van der Waals surface area contributed by atoms with Crippen molar-refractivity contribution < 1.29 is 0 Å². The van der Waals surface area contributed by atoms with Gasteiger partial charge in [-0.2, -0.15) is 0 Å². The predicted molar refractivity (Wildman–Crippen MR) is 71.8 cm³/mol. The maximum absolute atomic E-state index is 5.79. The van der Waals surface area contributed by atoms with Gasteiger partial charge in [0.25, 0.3) is 0 Å². The molecule has 1 fully saturated rings. The van der Waals surface area contributed by atoms with Gasteiger partial charge < -0.3 is 5.73 Å². The number of anilines is 1. The van der Waals surface area contributed by atoms with E-state index < -0.39 is 0 Å². The lowest BCUT2D eigenvalue weighted by atomic mass is 9.95. The van der Waals surface area contributed by atoms with Crippen molar-refractivity contribution in [2.24, 2.45) is 0 Å². The molecule has 2 N–H and O–H groups in total. The Kier molecular flexibility index (Phi) is 4.00. The second-order valence-corrected chi connectivity index (χ2v) is 5.02. The van der Waals surface area contributed by atoms with E-state index in [2.05, 4.69) is 22.9 Å². The molecule has 1 aromatic heterocycles. The molecular formula is C14H23N3. The van der Waals surface area contributed by atoms with Gasteiger partial charge in [0.2, 0.25) is 0 Å². The molecule has 94 valence electrons. The lowest BCUT2D eigenvalue weighted by molar-refractivity contribution is 0.149. The highest BCUT2D eigenvalue weighted by Gasteiger charge is 2.23. The maximum Gasteiger partial charge on any atom is 0.126 e. The van der Waals surface area contributed by atoms with Crippen LogP contribution < -0.4 is 5.73 Å². The van der Waals surface area contributed by atoms with Crippen molar-refractivity contribution in [1.29, 1.82) is 0 Å². The third-order valence-electron chi connectivity index (χ3n) is 3.65. The standard InChI is InChI=1S/C14H23N3/c1-3-7-17-8-5-4-6-13(17)12-9-11(2)14(15)16-10-12/h9-10,13H,3-8H2,1-2H3,(H2,15,16). The minimum Gasteiger partial charge on any atom is -0.383 e. The van der Waals surface area contributed by atoms with Crippen LogP contribution in [0.4, 0.5) is 5.82 Å². The Balaban J connectivity index is 2.20. The summed E-state index contributed by atoms with van der Waals surface area (Å²) in [4.78, 5) is 6.89. The minimum absolute atomic E-state index is 0.551. The maximum atomic E-state index is 5.79. The van der Waals surface area contributed by atoms with Gasteiger partial charge in [-0.3, -0.25) is 4.90 Å². The Labute approximate surface area is 104 Å². The Morgan fingerprint density at radius 2 is 2.29 bits per heavy atom. The van der Waals surface area contributed by atoms with Crippen LogP contribution in [0.15, 0.2) is 12.3 Å². The van der Waals surface area contributed by atoms with Crippen molar-refractivity contribution in [3.05, 3.63) is 23.4 Å². The van der Waals surface area contributed by atoms with Crippen molar-refractivity contribution in [2.75, 3.05) is 18.8 Å². The SMILES string of the molecule is CCCN1CCCCC1c1cnc(N)c(C)c1. The molecule has 0 saturated carbocycles. The first-order valence-electron chi connectivity index (χ1n) is 6.68. The first kappa shape index (κ1) is 12.4. The molecule has 1 unspecified atom stereocenters. The Morgan fingerprint density at radius 1 is 1.47 bits per heavy atom. The second-order valence-electron chi connectivity index (χ2n) is 5.02. The van der Waals surface area contributed by atoms with Crippen molar-refractivity contribution in [1.82, 2.24) is 9.88 Å². The summed E-state index contributed by atoms with van der Waals surface area (Å²) in [5, 5.41) is 0. The van der Waals surface area contributed by atoms with Crippen LogP contribution in [0.25, 0.3) is 0 Å². The van der Waals surface area contributed by atoms with Gasteiger partial charge in [0, 0.05) is 12.2 Å². The Hall–Kier alpha value is -1.09.